The summed E-state index contributed by atoms with van der Waals surface area (Å²) in [5, 5.41) is 2.68. The Morgan fingerprint density at radius 3 is 1.49 bits per heavy atom. The van der Waals surface area contributed by atoms with Gasteiger partial charge in [0.05, 0.1) is 0 Å². The molecule has 0 N–H and O–H groups in total. The maximum atomic E-state index is 6.44. The SMILES string of the molecule is C[C@@H]([C]1[CH][CH][CH][C]1P(c1ccccc1)c1ccccc1)N(C)P(Oc1ccccc1)Oc1ccccc1. The van der Waals surface area contributed by atoms with Crippen molar-refractivity contribution in [1.82, 2.24) is 4.67 Å². The van der Waals surface area contributed by atoms with E-state index < -0.39 is 16.4 Å². The molecule has 0 spiro atoms. The third-order valence-corrected chi connectivity index (χ3v) is 10.3. The van der Waals surface area contributed by atoms with Crippen LogP contribution in [0.4, 0.5) is 0 Å². The molecule has 1 aliphatic carbocycles. The van der Waals surface area contributed by atoms with Crippen molar-refractivity contribution in [3.8, 4) is 11.5 Å². The Balaban J connectivity index is 1.42. The van der Waals surface area contributed by atoms with Crippen molar-refractivity contribution in [3.63, 3.8) is 0 Å². The smallest absolute Gasteiger partial charge is 0.384 e. The Morgan fingerprint density at radius 1 is 0.595 bits per heavy atom. The van der Waals surface area contributed by atoms with Gasteiger partial charge in [-0.25, -0.2) is 4.67 Å². The fourth-order valence-corrected chi connectivity index (χ4v) is 8.05. The first-order valence-electron chi connectivity index (χ1n) is 12.4. The summed E-state index contributed by atoms with van der Waals surface area (Å²) >= 11 is 0. The summed E-state index contributed by atoms with van der Waals surface area (Å²) in [6.07, 6.45) is 6.70. The number of para-hydroxylation sites is 2. The van der Waals surface area contributed by atoms with Gasteiger partial charge in [-0.2, -0.15) is 0 Å². The minimum atomic E-state index is -1.42. The standard InChI is InChI=1S/C32H30NO2P2/c1-26(33(2)37(34-27-16-7-3-8-17-27)35-28-18-9-4-10-19-28)31-24-15-25-32(31)36(29-20-11-5-12-21-29)30-22-13-6-14-23-30/h3-26H,1-2H3/t26-/m0/s1. The summed E-state index contributed by atoms with van der Waals surface area (Å²) in [4.78, 5) is 0. The number of benzene rings is 4. The van der Waals surface area contributed by atoms with Crippen molar-refractivity contribution < 1.29 is 9.05 Å². The van der Waals surface area contributed by atoms with Gasteiger partial charge >= 0.3 is 8.53 Å². The summed E-state index contributed by atoms with van der Waals surface area (Å²) in [7, 11) is -0.0321. The second-order valence-electron chi connectivity index (χ2n) is 8.67. The largest absolute Gasteiger partial charge is 0.427 e. The quantitative estimate of drug-likeness (QED) is 0.201. The predicted octanol–water partition coefficient (Wildman–Crippen LogP) is 7.56. The van der Waals surface area contributed by atoms with Gasteiger partial charge in [0.2, 0.25) is 0 Å². The van der Waals surface area contributed by atoms with Crippen LogP contribution in [0.1, 0.15) is 6.92 Å². The average Bonchev–Trinajstić information content (AvgIpc) is 3.44. The molecule has 4 aromatic carbocycles. The fourth-order valence-electron chi connectivity index (χ4n) is 4.20. The maximum Gasteiger partial charge on any atom is 0.384 e. The van der Waals surface area contributed by atoms with Crippen LogP contribution < -0.4 is 19.7 Å². The molecule has 37 heavy (non-hydrogen) atoms. The molecule has 0 aromatic heterocycles. The predicted molar refractivity (Wildman–Crippen MR) is 157 cm³/mol. The van der Waals surface area contributed by atoms with Gasteiger partial charge in [-0.3, -0.25) is 0 Å². The second-order valence-corrected chi connectivity index (χ2v) is 12.3. The van der Waals surface area contributed by atoms with Crippen molar-refractivity contribution in [1.29, 1.82) is 0 Å². The van der Waals surface area contributed by atoms with Crippen LogP contribution in [-0.4, -0.2) is 17.8 Å². The maximum absolute atomic E-state index is 6.44. The molecule has 0 saturated heterocycles. The number of rotatable bonds is 10. The molecular weight excluding hydrogens is 492 g/mol. The highest BCUT2D eigenvalue weighted by Gasteiger charge is 2.43. The molecule has 0 amide bonds. The van der Waals surface area contributed by atoms with Gasteiger partial charge < -0.3 is 9.05 Å². The van der Waals surface area contributed by atoms with E-state index in [0.29, 0.717) is 0 Å². The third-order valence-electron chi connectivity index (χ3n) is 6.22. The summed E-state index contributed by atoms with van der Waals surface area (Å²) in [6.45, 7) is 2.24. The number of nitrogens with zero attached hydrogens (tertiary/aromatic N) is 1. The van der Waals surface area contributed by atoms with Crippen LogP contribution in [0.3, 0.4) is 0 Å². The van der Waals surface area contributed by atoms with E-state index in [1.54, 1.807) is 0 Å². The first-order chi connectivity index (χ1) is 18.2. The Morgan fingerprint density at radius 2 is 1.03 bits per heavy atom. The topological polar surface area (TPSA) is 21.7 Å². The van der Waals surface area contributed by atoms with E-state index in [1.807, 2.05) is 60.7 Å². The lowest BCUT2D eigenvalue weighted by Crippen LogP contribution is -2.35. The Kier molecular flexibility index (Phi) is 8.90. The van der Waals surface area contributed by atoms with Gasteiger partial charge in [-0.1, -0.05) is 97.1 Å². The zero-order valence-electron chi connectivity index (χ0n) is 21.0. The summed E-state index contributed by atoms with van der Waals surface area (Å²) in [6, 6.07) is 41.5. The monoisotopic (exact) mass is 522 g/mol. The first-order valence-corrected chi connectivity index (χ1v) is 14.8. The van der Waals surface area contributed by atoms with E-state index in [2.05, 4.69) is 98.6 Å². The van der Waals surface area contributed by atoms with Crippen molar-refractivity contribution in [2.75, 3.05) is 7.05 Å². The fraction of sp³-hybridized carbons (Fsp3) is 0.0938. The third kappa shape index (κ3) is 6.42. The van der Waals surface area contributed by atoms with E-state index >= 15 is 0 Å². The second kappa shape index (κ2) is 12.7. The van der Waals surface area contributed by atoms with Crippen LogP contribution >= 0.6 is 16.4 Å². The average molecular weight is 523 g/mol. The molecular formula is C32H30NO2P2. The molecule has 1 fully saturated rings. The van der Waals surface area contributed by atoms with Crippen molar-refractivity contribution in [2.24, 2.45) is 0 Å². The lowest BCUT2D eigenvalue weighted by atomic mass is 10.00. The summed E-state index contributed by atoms with van der Waals surface area (Å²) < 4.78 is 15.1. The van der Waals surface area contributed by atoms with Crippen molar-refractivity contribution in [3.05, 3.63) is 152 Å². The molecule has 3 nitrogen and oxygen atoms in total. The van der Waals surface area contributed by atoms with Gasteiger partial charge in [0.25, 0.3) is 0 Å². The van der Waals surface area contributed by atoms with Gasteiger partial charge in [0.1, 0.15) is 11.5 Å². The van der Waals surface area contributed by atoms with E-state index in [4.69, 9.17) is 9.05 Å². The van der Waals surface area contributed by atoms with E-state index in [0.717, 1.165) is 11.5 Å². The molecule has 0 heterocycles. The molecule has 185 valence electrons. The van der Waals surface area contributed by atoms with E-state index in [9.17, 15) is 0 Å². The molecule has 5 rings (SSSR count). The minimum absolute atomic E-state index is 0.0703. The lowest BCUT2D eigenvalue weighted by molar-refractivity contribution is 0.349. The number of hydrogen-bond donors (Lipinski definition) is 0. The summed E-state index contributed by atoms with van der Waals surface area (Å²) in [5.41, 5.74) is 1.36. The lowest BCUT2D eigenvalue weighted by Gasteiger charge is -2.37. The highest BCUT2D eigenvalue weighted by atomic mass is 31.2. The zero-order valence-corrected chi connectivity index (χ0v) is 22.8. The Labute approximate surface area is 224 Å². The van der Waals surface area contributed by atoms with E-state index in [-0.39, 0.29) is 6.04 Å². The first kappa shape index (κ1) is 25.9. The minimum Gasteiger partial charge on any atom is -0.427 e. The molecule has 1 saturated carbocycles. The van der Waals surface area contributed by atoms with Crippen LogP contribution in [0.5, 0.6) is 11.5 Å². The molecule has 5 heteroatoms. The van der Waals surface area contributed by atoms with Crippen molar-refractivity contribution >= 4 is 27.1 Å². The highest BCUT2D eigenvalue weighted by molar-refractivity contribution is 7.76. The Hall–Kier alpha value is -2.70. The highest BCUT2D eigenvalue weighted by Crippen LogP contribution is 2.58. The van der Waals surface area contributed by atoms with Gasteiger partial charge in [0, 0.05) is 17.6 Å². The molecule has 0 unspecified atom stereocenters. The van der Waals surface area contributed by atoms with Gasteiger partial charge in [0.15, 0.2) is 0 Å². The van der Waals surface area contributed by atoms with Crippen molar-refractivity contribution in [2.45, 2.75) is 13.0 Å². The normalized spacial score (nSPS) is 15.4. The summed E-state index contributed by atoms with van der Waals surface area (Å²) in [5.74, 6) is 2.88. The zero-order chi connectivity index (χ0) is 25.5. The van der Waals surface area contributed by atoms with Crippen LogP contribution in [0, 0.1) is 30.8 Å². The van der Waals surface area contributed by atoms with E-state index in [1.165, 1.54) is 22.2 Å². The molecule has 4 aromatic rings. The van der Waals surface area contributed by atoms with Gasteiger partial charge in [-0.05, 0) is 76.0 Å². The molecule has 0 aliphatic heterocycles. The molecule has 1 aliphatic rings. The van der Waals surface area contributed by atoms with Crippen LogP contribution in [0.2, 0.25) is 0 Å². The molecule has 1 atom stereocenters. The molecule has 5 radical (unpaired) electrons. The van der Waals surface area contributed by atoms with Crippen LogP contribution in [0.15, 0.2) is 121 Å². The number of hydrogen-bond acceptors (Lipinski definition) is 3. The Bertz CT molecular complexity index is 1130. The van der Waals surface area contributed by atoms with Gasteiger partial charge in [-0.15, -0.1) is 0 Å². The van der Waals surface area contributed by atoms with Crippen LogP contribution in [-0.2, 0) is 0 Å². The van der Waals surface area contributed by atoms with Crippen LogP contribution in [0.25, 0.3) is 0 Å². The molecule has 0 bridgehead atoms.